The molecule has 0 saturated heterocycles. The lowest BCUT2D eigenvalue weighted by atomic mass is 10.2. The topological polar surface area (TPSA) is 58.3 Å². The van der Waals surface area contributed by atoms with Crippen molar-refractivity contribution >= 4 is 23.0 Å². The first kappa shape index (κ1) is 14.8. The van der Waals surface area contributed by atoms with E-state index in [1.165, 1.54) is 0 Å². The third-order valence-electron chi connectivity index (χ3n) is 2.69. The van der Waals surface area contributed by atoms with Crippen LogP contribution in [0.4, 0.5) is 5.82 Å². The van der Waals surface area contributed by atoms with E-state index in [-0.39, 0.29) is 4.99 Å². The molecule has 0 aliphatic rings. The molecule has 0 aromatic carbocycles. The van der Waals surface area contributed by atoms with E-state index in [0.29, 0.717) is 11.7 Å². The van der Waals surface area contributed by atoms with Gasteiger partial charge in [-0.2, -0.15) is 0 Å². The second-order valence-electron chi connectivity index (χ2n) is 4.49. The van der Waals surface area contributed by atoms with Gasteiger partial charge in [0.25, 0.3) is 0 Å². The van der Waals surface area contributed by atoms with Crippen molar-refractivity contribution in [2.45, 2.75) is 19.9 Å². The molecule has 0 bridgehead atoms. The number of hydrogen-bond donors (Lipinski definition) is 1. The van der Waals surface area contributed by atoms with Gasteiger partial charge in [0, 0.05) is 31.5 Å². The van der Waals surface area contributed by atoms with E-state index in [2.05, 4.69) is 47.7 Å². The number of nitrogens with two attached hydrogens (primary N) is 1. The second kappa shape index (κ2) is 6.61. The summed E-state index contributed by atoms with van der Waals surface area (Å²) in [5.41, 5.74) is 6.30. The summed E-state index contributed by atoms with van der Waals surface area (Å²) in [4.78, 5) is 13.2. The third-order valence-corrected chi connectivity index (χ3v) is 2.88. The fraction of sp³-hybridized carbons (Fsp3) is 0.583. The number of anilines is 1. The Morgan fingerprint density at radius 3 is 2.50 bits per heavy atom. The quantitative estimate of drug-likeness (QED) is 0.772. The van der Waals surface area contributed by atoms with Gasteiger partial charge in [0.1, 0.15) is 10.7 Å². The fourth-order valence-corrected chi connectivity index (χ4v) is 2.16. The monoisotopic (exact) mass is 267 g/mol. The Hall–Kier alpha value is -1.27. The number of aromatic nitrogens is 2. The molecule has 1 aromatic rings. The Balaban J connectivity index is 3.05. The van der Waals surface area contributed by atoms with Gasteiger partial charge in [0.05, 0.1) is 0 Å². The molecule has 1 heterocycles. The molecule has 2 N–H and O–H groups in total. The highest BCUT2D eigenvalue weighted by molar-refractivity contribution is 7.80. The summed E-state index contributed by atoms with van der Waals surface area (Å²) in [5.74, 6) is 0.766. The van der Waals surface area contributed by atoms with Crippen molar-refractivity contribution in [3.05, 3.63) is 18.1 Å². The highest BCUT2D eigenvalue weighted by atomic mass is 32.1. The molecule has 6 heteroatoms. The standard InChI is InChI=1S/C12H21N5S/c1-5-17(9(2)8-16(3)4)12-10(11(13)18)14-6-7-15-12/h6-7,9H,5,8H2,1-4H3,(H2,13,18). The molecule has 0 spiro atoms. The molecule has 5 nitrogen and oxygen atoms in total. The Kier molecular flexibility index (Phi) is 5.43. The minimum absolute atomic E-state index is 0.286. The summed E-state index contributed by atoms with van der Waals surface area (Å²) in [6, 6.07) is 0.315. The van der Waals surface area contributed by atoms with Gasteiger partial charge in [-0.3, -0.25) is 0 Å². The average Bonchev–Trinajstić information content (AvgIpc) is 2.29. The maximum absolute atomic E-state index is 5.70. The molecule has 18 heavy (non-hydrogen) atoms. The van der Waals surface area contributed by atoms with E-state index in [1.54, 1.807) is 12.4 Å². The molecular weight excluding hydrogens is 246 g/mol. The number of thiocarbonyl (C=S) groups is 1. The van der Waals surface area contributed by atoms with Crippen LogP contribution < -0.4 is 10.6 Å². The second-order valence-corrected chi connectivity index (χ2v) is 4.93. The average molecular weight is 267 g/mol. The van der Waals surface area contributed by atoms with Crippen LogP contribution in [0.5, 0.6) is 0 Å². The van der Waals surface area contributed by atoms with Crippen molar-refractivity contribution in [2.24, 2.45) is 5.73 Å². The Labute approximate surface area is 114 Å². The summed E-state index contributed by atoms with van der Waals surface area (Å²) in [6.45, 7) is 6.01. The van der Waals surface area contributed by atoms with E-state index in [0.717, 1.165) is 18.9 Å². The predicted octanol–water partition coefficient (Wildman–Crippen LogP) is 0.887. The van der Waals surface area contributed by atoms with Gasteiger partial charge in [-0.05, 0) is 27.9 Å². The highest BCUT2D eigenvalue weighted by Gasteiger charge is 2.19. The van der Waals surface area contributed by atoms with E-state index < -0.39 is 0 Å². The van der Waals surface area contributed by atoms with Gasteiger partial charge >= 0.3 is 0 Å². The van der Waals surface area contributed by atoms with Crippen LogP contribution in [0.1, 0.15) is 19.5 Å². The summed E-state index contributed by atoms with van der Waals surface area (Å²) < 4.78 is 0. The van der Waals surface area contributed by atoms with Crippen LogP contribution in [0.2, 0.25) is 0 Å². The maximum Gasteiger partial charge on any atom is 0.157 e. The first-order valence-electron chi connectivity index (χ1n) is 5.99. The van der Waals surface area contributed by atoms with Crippen molar-refractivity contribution < 1.29 is 0 Å². The van der Waals surface area contributed by atoms with E-state index in [1.807, 2.05) is 0 Å². The van der Waals surface area contributed by atoms with Crippen molar-refractivity contribution in [1.82, 2.24) is 14.9 Å². The van der Waals surface area contributed by atoms with Crippen LogP contribution >= 0.6 is 12.2 Å². The van der Waals surface area contributed by atoms with E-state index in [4.69, 9.17) is 18.0 Å². The van der Waals surface area contributed by atoms with E-state index in [9.17, 15) is 0 Å². The lowest BCUT2D eigenvalue weighted by molar-refractivity contribution is 0.372. The minimum Gasteiger partial charge on any atom is -0.388 e. The zero-order valence-corrected chi connectivity index (χ0v) is 12.2. The highest BCUT2D eigenvalue weighted by Crippen LogP contribution is 2.17. The first-order chi connectivity index (χ1) is 8.47. The van der Waals surface area contributed by atoms with Crippen LogP contribution in [0.25, 0.3) is 0 Å². The van der Waals surface area contributed by atoms with Gasteiger partial charge in [-0.15, -0.1) is 0 Å². The van der Waals surface area contributed by atoms with Crippen LogP contribution in [-0.2, 0) is 0 Å². The zero-order chi connectivity index (χ0) is 13.7. The van der Waals surface area contributed by atoms with Gasteiger partial charge in [0.2, 0.25) is 0 Å². The predicted molar refractivity (Wildman–Crippen MR) is 79.0 cm³/mol. The Morgan fingerprint density at radius 1 is 1.39 bits per heavy atom. The lowest BCUT2D eigenvalue weighted by Gasteiger charge is -2.31. The van der Waals surface area contributed by atoms with Crippen molar-refractivity contribution in [3.63, 3.8) is 0 Å². The molecule has 0 saturated carbocycles. The maximum atomic E-state index is 5.70. The number of likely N-dealkylation sites (N-methyl/N-ethyl adjacent to an activating group) is 2. The summed E-state index contributed by atoms with van der Waals surface area (Å²) >= 11 is 5.03. The van der Waals surface area contributed by atoms with Gasteiger partial charge in [-0.1, -0.05) is 12.2 Å². The number of hydrogen-bond acceptors (Lipinski definition) is 5. The Bertz CT molecular complexity index is 407. The number of rotatable bonds is 6. The molecule has 0 aliphatic carbocycles. The van der Waals surface area contributed by atoms with Crippen LogP contribution in [0.3, 0.4) is 0 Å². The third kappa shape index (κ3) is 3.61. The van der Waals surface area contributed by atoms with Crippen molar-refractivity contribution in [1.29, 1.82) is 0 Å². The molecule has 0 amide bonds. The van der Waals surface area contributed by atoms with Crippen LogP contribution in [0, 0.1) is 0 Å². The molecule has 1 aromatic heterocycles. The van der Waals surface area contributed by atoms with Crippen molar-refractivity contribution in [2.75, 3.05) is 32.1 Å². The SMILES string of the molecule is CCN(c1nccnc1C(N)=S)C(C)CN(C)C. The van der Waals surface area contributed by atoms with Crippen LogP contribution in [0.15, 0.2) is 12.4 Å². The molecular formula is C12H21N5S. The first-order valence-corrected chi connectivity index (χ1v) is 6.40. The van der Waals surface area contributed by atoms with Crippen LogP contribution in [-0.4, -0.2) is 53.1 Å². The summed E-state index contributed by atoms with van der Waals surface area (Å²) in [6.07, 6.45) is 3.28. The van der Waals surface area contributed by atoms with Gasteiger partial charge in [0.15, 0.2) is 5.82 Å². The molecule has 100 valence electrons. The summed E-state index contributed by atoms with van der Waals surface area (Å²) in [7, 11) is 4.10. The fourth-order valence-electron chi connectivity index (χ4n) is 2.01. The number of nitrogens with zero attached hydrogens (tertiary/aromatic N) is 4. The smallest absolute Gasteiger partial charge is 0.157 e. The van der Waals surface area contributed by atoms with E-state index >= 15 is 0 Å². The molecule has 1 atom stereocenters. The molecule has 0 aliphatic heterocycles. The summed E-state index contributed by atoms with van der Waals surface area (Å²) in [5, 5.41) is 0. The zero-order valence-electron chi connectivity index (χ0n) is 11.4. The molecule has 1 rings (SSSR count). The minimum atomic E-state index is 0.286. The molecule has 1 unspecified atom stereocenters. The largest absolute Gasteiger partial charge is 0.388 e. The van der Waals surface area contributed by atoms with Gasteiger partial charge < -0.3 is 15.5 Å². The molecule has 0 fully saturated rings. The normalized spacial score (nSPS) is 12.5. The molecule has 0 radical (unpaired) electrons. The van der Waals surface area contributed by atoms with Gasteiger partial charge in [-0.25, -0.2) is 9.97 Å². The van der Waals surface area contributed by atoms with Crippen molar-refractivity contribution in [3.8, 4) is 0 Å². The Morgan fingerprint density at radius 2 is 2.00 bits per heavy atom. The lowest BCUT2D eigenvalue weighted by Crippen LogP contribution is -2.41.